The number of hydrogen-bond acceptors (Lipinski definition) is 3. The quantitative estimate of drug-likeness (QED) is 0.590. The molecule has 0 heterocycles. The summed E-state index contributed by atoms with van der Waals surface area (Å²) in [6.45, 7) is 4.87. The molecule has 0 aromatic heterocycles. The fourth-order valence-electron chi connectivity index (χ4n) is 0.995. The van der Waals surface area contributed by atoms with Crippen LogP contribution in [0.25, 0.3) is 0 Å². The summed E-state index contributed by atoms with van der Waals surface area (Å²) < 4.78 is 0. The van der Waals surface area contributed by atoms with Crippen molar-refractivity contribution >= 4 is 5.91 Å². The molecule has 1 atom stereocenters. The van der Waals surface area contributed by atoms with Gasteiger partial charge >= 0.3 is 0 Å². The van der Waals surface area contributed by atoms with Gasteiger partial charge < -0.3 is 11.5 Å². The van der Waals surface area contributed by atoms with Gasteiger partial charge in [0.2, 0.25) is 5.91 Å². The number of carbonyl (C=O) groups excluding carboxylic acids is 1. The third-order valence-corrected chi connectivity index (χ3v) is 2.52. The van der Waals surface area contributed by atoms with Gasteiger partial charge in [-0.2, -0.15) is 0 Å². The van der Waals surface area contributed by atoms with Gasteiger partial charge in [-0.15, -0.1) is 0 Å². The molecular formula is C8H19N3O. The summed E-state index contributed by atoms with van der Waals surface area (Å²) >= 11 is 0. The van der Waals surface area contributed by atoms with Crippen LogP contribution in [0.5, 0.6) is 0 Å². The highest BCUT2D eigenvalue weighted by Gasteiger charge is 2.26. The van der Waals surface area contributed by atoms with Crippen molar-refractivity contribution in [2.75, 3.05) is 20.1 Å². The van der Waals surface area contributed by atoms with Crippen LogP contribution in [0.1, 0.15) is 20.3 Å². The number of nitrogens with zero attached hydrogens (tertiary/aromatic N) is 1. The average molecular weight is 173 g/mol. The molecule has 0 radical (unpaired) electrons. The van der Waals surface area contributed by atoms with Crippen LogP contribution in [0.3, 0.4) is 0 Å². The van der Waals surface area contributed by atoms with Crippen molar-refractivity contribution in [2.45, 2.75) is 25.8 Å². The fraction of sp³-hybridized carbons (Fsp3) is 0.875. The van der Waals surface area contributed by atoms with Crippen molar-refractivity contribution in [1.29, 1.82) is 0 Å². The number of nitrogens with two attached hydrogens (primary N) is 2. The van der Waals surface area contributed by atoms with Crippen LogP contribution in [-0.4, -0.2) is 36.5 Å². The maximum absolute atomic E-state index is 10.6. The van der Waals surface area contributed by atoms with E-state index >= 15 is 0 Å². The van der Waals surface area contributed by atoms with Crippen molar-refractivity contribution in [3.8, 4) is 0 Å². The molecule has 72 valence electrons. The van der Waals surface area contributed by atoms with Crippen molar-refractivity contribution in [1.82, 2.24) is 4.90 Å². The summed E-state index contributed by atoms with van der Waals surface area (Å²) in [6.07, 6.45) is 0.910. The molecule has 4 nitrogen and oxygen atoms in total. The van der Waals surface area contributed by atoms with Gasteiger partial charge in [0.1, 0.15) is 0 Å². The third kappa shape index (κ3) is 2.79. The Bertz CT molecular complexity index is 154. The van der Waals surface area contributed by atoms with E-state index in [1.165, 1.54) is 0 Å². The first-order valence-electron chi connectivity index (χ1n) is 4.16. The van der Waals surface area contributed by atoms with E-state index in [0.717, 1.165) is 6.42 Å². The molecule has 12 heavy (non-hydrogen) atoms. The van der Waals surface area contributed by atoms with Crippen molar-refractivity contribution in [2.24, 2.45) is 11.5 Å². The topological polar surface area (TPSA) is 72.3 Å². The summed E-state index contributed by atoms with van der Waals surface area (Å²) in [5, 5.41) is 0. The lowest BCUT2D eigenvalue weighted by Crippen LogP contribution is -2.51. The SMILES string of the molecule is CCC(C)(CN)N(C)CC(N)=O. The average Bonchev–Trinajstić information content (AvgIpc) is 2.02. The van der Waals surface area contributed by atoms with Gasteiger partial charge in [-0.1, -0.05) is 6.92 Å². The number of amides is 1. The van der Waals surface area contributed by atoms with Crippen LogP contribution in [-0.2, 0) is 4.79 Å². The molecule has 0 aromatic rings. The highest BCUT2D eigenvalue weighted by molar-refractivity contribution is 5.76. The van der Waals surface area contributed by atoms with Crippen LogP contribution in [0.15, 0.2) is 0 Å². The molecule has 0 aliphatic rings. The lowest BCUT2D eigenvalue weighted by Gasteiger charge is -2.36. The van der Waals surface area contributed by atoms with Gasteiger partial charge in [-0.25, -0.2) is 0 Å². The first-order valence-corrected chi connectivity index (χ1v) is 4.16. The molecule has 0 bridgehead atoms. The van der Waals surface area contributed by atoms with E-state index in [0.29, 0.717) is 6.54 Å². The summed E-state index contributed by atoms with van der Waals surface area (Å²) in [5.74, 6) is -0.314. The summed E-state index contributed by atoms with van der Waals surface area (Å²) in [5.41, 5.74) is 10.6. The molecule has 0 rings (SSSR count). The van der Waals surface area contributed by atoms with E-state index in [9.17, 15) is 4.79 Å². The number of primary amides is 1. The number of likely N-dealkylation sites (N-methyl/N-ethyl adjacent to an activating group) is 1. The minimum Gasteiger partial charge on any atom is -0.369 e. The van der Waals surface area contributed by atoms with E-state index in [1.54, 1.807) is 0 Å². The molecule has 0 aliphatic heterocycles. The van der Waals surface area contributed by atoms with E-state index in [1.807, 2.05) is 25.8 Å². The fourth-order valence-corrected chi connectivity index (χ4v) is 0.995. The van der Waals surface area contributed by atoms with E-state index in [2.05, 4.69) is 0 Å². The zero-order valence-electron chi connectivity index (χ0n) is 8.13. The summed E-state index contributed by atoms with van der Waals surface area (Å²) in [7, 11) is 1.86. The van der Waals surface area contributed by atoms with Crippen LogP contribution in [0.2, 0.25) is 0 Å². The molecule has 0 aromatic carbocycles. The van der Waals surface area contributed by atoms with E-state index in [4.69, 9.17) is 11.5 Å². The lowest BCUT2D eigenvalue weighted by atomic mass is 9.97. The lowest BCUT2D eigenvalue weighted by molar-refractivity contribution is -0.120. The first kappa shape index (κ1) is 11.4. The molecular weight excluding hydrogens is 154 g/mol. The summed E-state index contributed by atoms with van der Waals surface area (Å²) in [4.78, 5) is 12.5. The van der Waals surface area contributed by atoms with Crippen LogP contribution in [0.4, 0.5) is 0 Å². The monoisotopic (exact) mass is 173 g/mol. The van der Waals surface area contributed by atoms with Gasteiger partial charge in [-0.05, 0) is 20.4 Å². The molecule has 0 saturated carbocycles. The maximum atomic E-state index is 10.6. The standard InChI is InChI=1S/C8H19N3O/c1-4-8(2,6-9)11(3)5-7(10)12/h4-6,9H2,1-3H3,(H2,10,12). The minimum atomic E-state index is -0.314. The Morgan fingerprint density at radius 1 is 1.58 bits per heavy atom. The van der Waals surface area contributed by atoms with Gasteiger partial charge in [0, 0.05) is 12.1 Å². The molecule has 1 amide bonds. The highest BCUT2D eigenvalue weighted by Crippen LogP contribution is 2.14. The predicted octanol–water partition coefficient (Wildman–Crippen LogP) is -0.469. The van der Waals surface area contributed by atoms with Crippen LogP contribution in [0, 0.1) is 0 Å². The largest absolute Gasteiger partial charge is 0.369 e. The number of hydrogen-bond donors (Lipinski definition) is 2. The second-order valence-electron chi connectivity index (χ2n) is 3.38. The Morgan fingerprint density at radius 2 is 2.08 bits per heavy atom. The van der Waals surface area contributed by atoms with Gasteiger partial charge in [0.15, 0.2) is 0 Å². The Labute approximate surface area is 73.9 Å². The zero-order chi connectivity index (χ0) is 9.78. The second kappa shape index (κ2) is 4.42. The van der Waals surface area contributed by atoms with Crippen LogP contribution < -0.4 is 11.5 Å². The van der Waals surface area contributed by atoms with Gasteiger partial charge in [-0.3, -0.25) is 9.69 Å². The maximum Gasteiger partial charge on any atom is 0.231 e. The minimum absolute atomic E-state index is 0.116. The van der Waals surface area contributed by atoms with Crippen molar-refractivity contribution in [3.63, 3.8) is 0 Å². The van der Waals surface area contributed by atoms with E-state index < -0.39 is 0 Å². The molecule has 4 heteroatoms. The molecule has 0 saturated heterocycles. The number of carbonyl (C=O) groups is 1. The first-order chi connectivity index (χ1) is 5.46. The second-order valence-corrected chi connectivity index (χ2v) is 3.38. The van der Waals surface area contributed by atoms with Gasteiger partial charge in [0.05, 0.1) is 6.54 Å². The van der Waals surface area contributed by atoms with Crippen molar-refractivity contribution in [3.05, 3.63) is 0 Å². The molecule has 0 aliphatic carbocycles. The Kier molecular flexibility index (Phi) is 4.20. The molecule has 0 spiro atoms. The Balaban J connectivity index is 4.20. The molecule has 0 fully saturated rings. The van der Waals surface area contributed by atoms with Crippen LogP contribution >= 0.6 is 0 Å². The van der Waals surface area contributed by atoms with Gasteiger partial charge in [0.25, 0.3) is 0 Å². The number of rotatable bonds is 5. The third-order valence-electron chi connectivity index (χ3n) is 2.52. The summed E-state index contributed by atoms with van der Waals surface area (Å²) in [6, 6.07) is 0. The predicted molar refractivity (Wildman–Crippen MR) is 49.6 cm³/mol. The highest BCUT2D eigenvalue weighted by atomic mass is 16.1. The Morgan fingerprint density at radius 3 is 2.33 bits per heavy atom. The molecule has 1 unspecified atom stereocenters. The molecule has 4 N–H and O–H groups in total. The Hall–Kier alpha value is -0.610. The van der Waals surface area contributed by atoms with Crippen molar-refractivity contribution < 1.29 is 4.79 Å². The van der Waals surface area contributed by atoms with E-state index in [-0.39, 0.29) is 18.0 Å². The smallest absolute Gasteiger partial charge is 0.231 e. The zero-order valence-corrected chi connectivity index (χ0v) is 8.13. The normalized spacial score (nSPS) is 16.1.